The van der Waals surface area contributed by atoms with Gasteiger partial charge in [0.2, 0.25) is 10.0 Å². The van der Waals surface area contributed by atoms with Crippen LogP contribution in [-0.4, -0.2) is 31.0 Å². The highest BCUT2D eigenvalue weighted by molar-refractivity contribution is 7.88. The normalized spacial score (nSPS) is 12.0. The molecule has 0 bridgehead atoms. The largest absolute Gasteiger partial charge is 0.261 e. The molecule has 1 rings (SSSR count). The highest BCUT2D eigenvalue weighted by Gasteiger charge is 2.10. The maximum absolute atomic E-state index is 11.1. The summed E-state index contributed by atoms with van der Waals surface area (Å²) in [6.45, 7) is 2.26. The van der Waals surface area contributed by atoms with Crippen molar-refractivity contribution in [1.29, 1.82) is 0 Å². The second-order valence-corrected chi connectivity index (χ2v) is 5.42. The van der Waals surface area contributed by atoms with Crippen molar-refractivity contribution in [3.05, 3.63) is 29.6 Å². The van der Waals surface area contributed by atoms with Gasteiger partial charge in [0.15, 0.2) is 0 Å². The first-order chi connectivity index (χ1) is 6.39. The van der Waals surface area contributed by atoms with Crippen molar-refractivity contribution in [3.8, 4) is 0 Å². The summed E-state index contributed by atoms with van der Waals surface area (Å²) in [6.07, 6.45) is 2.88. The molecular formula is C9H14N2O2S. The fraction of sp³-hybridized carbons (Fsp3) is 0.444. The van der Waals surface area contributed by atoms with E-state index in [2.05, 4.69) is 4.98 Å². The molecule has 78 valence electrons. The van der Waals surface area contributed by atoms with E-state index in [0.717, 1.165) is 11.3 Å². The number of nitrogens with zero attached hydrogens (tertiary/aromatic N) is 2. The van der Waals surface area contributed by atoms with Crippen LogP contribution < -0.4 is 0 Å². The van der Waals surface area contributed by atoms with Crippen LogP contribution in [0.1, 0.15) is 11.3 Å². The number of aryl methyl sites for hydroxylation is 1. The van der Waals surface area contributed by atoms with Gasteiger partial charge in [-0.05, 0) is 18.6 Å². The molecule has 14 heavy (non-hydrogen) atoms. The van der Waals surface area contributed by atoms with E-state index in [0.29, 0.717) is 6.54 Å². The van der Waals surface area contributed by atoms with Crippen molar-refractivity contribution >= 4 is 10.0 Å². The van der Waals surface area contributed by atoms with Crippen LogP contribution in [0.25, 0.3) is 0 Å². The van der Waals surface area contributed by atoms with Gasteiger partial charge in [-0.2, -0.15) is 0 Å². The minimum absolute atomic E-state index is 0.367. The highest BCUT2D eigenvalue weighted by atomic mass is 32.2. The predicted molar refractivity (Wildman–Crippen MR) is 55.3 cm³/mol. The third-order valence-electron chi connectivity index (χ3n) is 1.94. The lowest BCUT2D eigenvalue weighted by Gasteiger charge is -2.13. The molecule has 0 aromatic carbocycles. The molecule has 0 aliphatic carbocycles. The quantitative estimate of drug-likeness (QED) is 0.747. The SMILES string of the molecule is Cc1ccc(CN(C)S(C)(=O)=O)cn1. The average molecular weight is 214 g/mol. The van der Waals surface area contributed by atoms with E-state index >= 15 is 0 Å². The first-order valence-corrected chi connectivity index (χ1v) is 6.07. The van der Waals surface area contributed by atoms with Gasteiger partial charge in [0.05, 0.1) is 6.26 Å². The van der Waals surface area contributed by atoms with Gasteiger partial charge in [0.1, 0.15) is 0 Å². The van der Waals surface area contributed by atoms with Gasteiger partial charge in [-0.3, -0.25) is 4.98 Å². The van der Waals surface area contributed by atoms with Crippen LogP contribution in [0.3, 0.4) is 0 Å². The zero-order valence-corrected chi connectivity index (χ0v) is 9.37. The van der Waals surface area contributed by atoms with Crippen molar-refractivity contribution in [1.82, 2.24) is 9.29 Å². The Morgan fingerprint density at radius 3 is 2.50 bits per heavy atom. The van der Waals surface area contributed by atoms with Crippen molar-refractivity contribution in [2.45, 2.75) is 13.5 Å². The van der Waals surface area contributed by atoms with Crippen LogP contribution in [0.4, 0.5) is 0 Å². The van der Waals surface area contributed by atoms with Gasteiger partial charge in [0.25, 0.3) is 0 Å². The smallest absolute Gasteiger partial charge is 0.211 e. The Bertz CT molecular complexity index is 397. The Morgan fingerprint density at radius 2 is 2.07 bits per heavy atom. The van der Waals surface area contributed by atoms with Gasteiger partial charge in [0, 0.05) is 25.5 Å². The molecule has 0 fully saturated rings. The molecule has 0 aliphatic rings. The zero-order valence-electron chi connectivity index (χ0n) is 8.56. The Hall–Kier alpha value is -0.940. The number of sulfonamides is 1. The molecule has 1 aromatic heterocycles. The topological polar surface area (TPSA) is 50.3 Å². The molecule has 0 saturated carbocycles. The van der Waals surface area contributed by atoms with Gasteiger partial charge in [-0.25, -0.2) is 12.7 Å². The fourth-order valence-electron chi connectivity index (χ4n) is 0.966. The summed E-state index contributed by atoms with van der Waals surface area (Å²) in [6, 6.07) is 3.75. The molecule has 0 spiro atoms. The summed E-state index contributed by atoms with van der Waals surface area (Å²) in [5.74, 6) is 0. The van der Waals surface area contributed by atoms with Crippen LogP contribution in [0.15, 0.2) is 18.3 Å². The lowest BCUT2D eigenvalue weighted by Crippen LogP contribution is -2.24. The lowest BCUT2D eigenvalue weighted by molar-refractivity contribution is 0.471. The molecule has 0 unspecified atom stereocenters. The van der Waals surface area contributed by atoms with Crippen LogP contribution >= 0.6 is 0 Å². The van der Waals surface area contributed by atoms with Crippen LogP contribution in [0.5, 0.6) is 0 Å². The summed E-state index contributed by atoms with van der Waals surface area (Å²) >= 11 is 0. The van der Waals surface area contributed by atoms with E-state index in [1.807, 2.05) is 19.1 Å². The zero-order chi connectivity index (χ0) is 10.8. The number of hydrogen-bond donors (Lipinski definition) is 0. The third-order valence-corrected chi connectivity index (χ3v) is 3.21. The molecule has 4 nitrogen and oxygen atoms in total. The summed E-state index contributed by atoms with van der Waals surface area (Å²) in [5.41, 5.74) is 1.82. The standard InChI is InChI=1S/C9H14N2O2S/c1-8-4-5-9(6-10-8)7-11(2)14(3,12)13/h4-6H,7H2,1-3H3. The molecule has 0 N–H and O–H groups in total. The maximum atomic E-state index is 11.1. The van der Waals surface area contributed by atoms with Gasteiger partial charge in [-0.1, -0.05) is 6.07 Å². The van der Waals surface area contributed by atoms with E-state index in [4.69, 9.17) is 0 Å². The second-order valence-electron chi connectivity index (χ2n) is 3.33. The van der Waals surface area contributed by atoms with Crippen LogP contribution in [-0.2, 0) is 16.6 Å². The number of pyridine rings is 1. The van der Waals surface area contributed by atoms with Crippen molar-refractivity contribution in [3.63, 3.8) is 0 Å². The summed E-state index contributed by atoms with van der Waals surface area (Å²) in [5, 5.41) is 0. The highest BCUT2D eigenvalue weighted by Crippen LogP contribution is 2.05. The molecule has 0 radical (unpaired) electrons. The Morgan fingerprint density at radius 1 is 1.43 bits per heavy atom. The molecular weight excluding hydrogens is 200 g/mol. The van der Waals surface area contributed by atoms with Crippen LogP contribution in [0.2, 0.25) is 0 Å². The van der Waals surface area contributed by atoms with E-state index in [1.165, 1.54) is 10.6 Å². The molecule has 1 aromatic rings. The Labute approximate surface area is 84.6 Å². The molecule has 1 heterocycles. The first kappa shape index (κ1) is 11.1. The number of aromatic nitrogens is 1. The third kappa shape index (κ3) is 3.08. The van der Waals surface area contributed by atoms with Crippen molar-refractivity contribution < 1.29 is 8.42 Å². The minimum Gasteiger partial charge on any atom is -0.261 e. The van der Waals surface area contributed by atoms with Gasteiger partial charge in [-0.15, -0.1) is 0 Å². The molecule has 0 atom stereocenters. The first-order valence-electron chi connectivity index (χ1n) is 4.22. The van der Waals surface area contributed by atoms with Gasteiger partial charge >= 0.3 is 0 Å². The van der Waals surface area contributed by atoms with E-state index in [-0.39, 0.29) is 0 Å². The predicted octanol–water partition coefficient (Wildman–Crippen LogP) is 0.781. The molecule has 5 heteroatoms. The second kappa shape index (κ2) is 4.06. The van der Waals surface area contributed by atoms with E-state index < -0.39 is 10.0 Å². The monoisotopic (exact) mass is 214 g/mol. The minimum atomic E-state index is -3.11. The van der Waals surface area contributed by atoms with E-state index in [9.17, 15) is 8.42 Å². The van der Waals surface area contributed by atoms with Gasteiger partial charge < -0.3 is 0 Å². The van der Waals surface area contributed by atoms with Crippen molar-refractivity contribution in [2.75, 3.05) is 13.3 Å². The number of hydrogen-bond acceptors (Lipinski definition) is 3. The molecule has 0 saturated heterocycles. The summed E-state index contributed by atoms with van der Waals surface area (Å²) < 4.78 is 23.5. The molecule has 0 aliphatic heterocycles. The van der Waals surface area contributed by atoms with Crippen molar-refractivity contribution in [2.24, 2.45) is 0 Å². The summed E-state index contributed by atoms with van der Waals surface area (Å²) in [4.78, 5) is 4.09. The Kier molecular flexibility index (Phi) is 3.23. The fourth-order valence-corrected chi connectivity index (χ4v) is 1.35. The average Bonchev–Trinajstić information content (AvgIpc) is 2.07. The molecule has 0 amide bonds. The lowest BCUT2D eigenvalue weighted by atomic mass is 10.2. The Balaban J connectivity index is 2.75. The van der Waals surface area contributed by atoms with E-state index in [1.54, 1.807) is 13.2 Å². The number of rotatable bonds is 3. The maximum Gasteiger partial charge on any atom is 0.211 e. The summed E-state index contributed by atoms with van der Waals surface area (Å²) in [7, 11) is -1.55. The van der Waals surface area contributed by atoms with Crippen LogP contribution in [0, 0.1) is 6.92 Å².